The smallest absolute Gasteiger partial charge is 0.326 e. The SMILES string of the molecule is CC1CSC2[C@H](NC(=O)[C@@H](NCc3ccccc3Oc3ccccc3CN[C@@H](C(=O)N[C@@H]3C(=O)N4C(C(=O)O)C(C)CSC34)c3ccccc3)c3ccccc3)C(=O)N2C1C(=O)O. The molecule has 4 aliphatic heterocycles. The average Bonchev–Trinajstić information content (AvgIpc) is 3.28. The number of hydrogen-bond donors (Lipinski definition) is 6. The third kappa shape index (κ3) is 8.87. The van der Waals surface area contributed by atoms with E-state index in [4.69, 9.17) is 4.74 Å². The molecule has 4 aliphatic rings. The Labute approximate surface area is 372 Å². The quantitative estimate of drug-likeness (QED) is 0.0878. The zero-order chi connectivity index (χ0) is 44.4. The van der Waals surface area contributed by atoms with Crippen molar-refractivity contribution in [2.75, 3.05) is 11.5 Å². The van der Waals surface area contributed by atoms with Crippen molar-refractivity contribution in [2.45, 2.75) is 73.9 Å². The third-order valence-electron chi connectivity index (χ3n) is 11.9. The lowest BCUT2D eigenvalue weighted by Crippen LogP contribution is -2.75. The van der Waals surface area contributed by atoms with Crippen LogP contribution in [0, 0.1) is 11.8 Å². The van der Waals surface area contributed by atoms with E-state index >= 15 is 0 Å². The van der Waals surface area contributed by atoms with Crippen LogP contribution in [0.15, 0.2) is 109 Å². The number of rotatable bonds is 16. The van der Waals surface area contributed by atoms with Gasteiger partial charge in [-0.25, -0.2) is 9.59 Å². The lowest BCUT2D eigenvalue weighted by Gasteiger charge is -2.53. The van der Waals surface area contributed by atoms with Gasteiger partial charge in [-0.2, -0.15) is 0 Å². The minimum atomic E-state index is -1.05. The van der Waals surface area contributed by atoms with Crippen LogP contribution in [0.4, 0.5) is 0 Å². The molecule has 4 saturated heterocycles. The van der Waals surface area contributed by atoms with Crippen LogP contribution >= 0.6 is 23.5 Å². The number of carbonyl (C=O) groups excluding carboxylic acids is 4. The molecule has 0 aliphatic carbocycles. The first kappa shape index (κ1) is 43.8. The largest absolute Gasteiger partial charge is 0.480 e. The highest BCUT2D eigenvalue weighted by molar-refractivity contribution is 8.00. The molecular weight excluding hydrogens is 845 g/mol. The third-order valence-corrected chi connectivity index (χ3v) is 15.1. The van der Waals surface area contributed by atoms with Crippen LogP contribution in [-0.2, 0) is 41.9 Å². The molecule has 6 N–H and O–H groups in total. The van der Waals surface area contributed by atoms with Gasteiger partial charge < -0.3 is 35.4 Å². The molecule has 10 atom stereocenters. The van der Waals surface area contributed by atoms with Crippen LogP contribution in [0.2, 0.25) is 0 Å². The zero-order valence-electron chi connectivity index (χ0n) is 34.5. The van der Waals surface area contributed by atoms with Crippen molar-refractivity contribution in [2.24, 2.45) is 11.8 Å². The van der Waals surface area contributed by atoms with Gasteiger partial charge in [0.15, 0.2) is 0 Å². The maximum absolute atomic E-state index is 14.0. The second-order valence-electron chi connectivity index (χ2n) is 16.2. The molecule has 17 heteroatoms. The fourth-order valence-corrected chi connectivity index (χ4v) is 11.6. The number of fused-ring (bicyclic) bond motifs is 2. The van der Waals surface area contributed by atoms with Crippen LogP contribution in [0.3, 0.4) is 0 Å². The summed E-state index contributed by atoms with van der Waals surface area (Å²) in [6.07, 6.45) is 0. The molecule has 4 fully saturated rings. The maximum atomic E-state index is 14.0. The van der Waals surface area contributed by atoms with E-state index in [2.05, 4.69) is 21.3 Å². The number of carbonyl (C=O) groups is 6. The van der Waals surface area contributed by atoms with Gasteiger partial charge in [-0.3, -0.25) is 29.8 Å². The Balaban J connectivity index is 0.949. The summed E-state index contributed by atoms with van der Waals surface area (Å²) in [5.41, 5.74) is 2.83. The predicted molar refractivity (Wildman–Crippen MR) is 236 cm³/mol. The zero-order valence-corrected chi connectivity index (χ0v) is 36.1. The van der Waals surface area contributed by atoms with E-state index in [1.807, 2.05) is 123 Å². The van der Waals surface area contributed by atoms with Crippen molar-refractivity contribution in [1.82, 2.24) is 31.1 Å². The van der Waals surface area contributed by atoms with E-state index in [0.717, 1.165) is 11.1 Å². The van der Waals surface area contributed by atoms with Gasteiger partial charge in [0.05, 0.1) is 0 Å². The van der Waals surface area contributed by atoms with Crippen LogP contribution in [0.5, 0.6) is 11.5 Å². The monoisotopic (exact) mass is 892 g/mol. The molecule has 4 amide bonds. The molecule has 328 valence electrons. The highest BCUT2D eigenvalue weighted by Gasteiger charge is 2.58. The van der Waals surface area contributed by atoms with E-state index in [1.165, 1.54) is 33.3 Å². The first-order valence-corrected chi connectivity index (χ1v) is 22.9. The standard InChI is InChI=1S/C46H48N6O9S2/c1-25-23-62-43-35(41(55)51(43)37(25)45(57)58)49-39(53)33(27-13-5-3-6-14-27)47-21-29-17-9-11-19-31(29)61-32-20-12-10-18-30(32)22-48-34(28-15-7-4-8-16-28)40(54)50-36-42(56)52-38(46(59)60)26(2)24-63-44(36)52/h3-20,25-26,33-38,43-44,47-48H,21-24H2,1-2H3,(H,49,53)(H,50,54)(H,57,58)(H,59,60)/t25?,26?,33-,34+,35-,36-,37?,38?,43?,44?/m1/s1. The van der Waals surface area contributed by atoms with E-state index in [0.29, 0.717) is 34.1 Å². The number of hydrogen-bond acceptors (Lipinski definition) is 11. The van der Waals surface area contributed by atoms with Crippen LogP contribution < -0.4 is 26.0 Å². The molecule has 6 unspecified atom stereocenters. The molecule has 0 radical (unpaired) electrons. The van der Waals surface area contributed by atoms with Gasteiger partial charge in [-0.1, -0.05) is 111 Å². The summed E-state index contributed by atoms with van der Waals surface area (Å²) in [5.74, 6) is -2.09. The summed E-state index contributed by atoms with van der Waals surface area (Å²) in [4.78, 5) is 81.3. The first-order valence-electron chi connectivity index (χ1n) is 20.8. The normalized spacial score (nSPS) is 25.9. The lowest BCUT2D eigenvalue weighted by atomic mass is 9.94. The number of amides is 4. The van der Waals surface area contributed by atoms with Crippen LogP contribution in [0.1, 0.15) is 48.2 Å². The number of carboxylic acids is 2. The number of nitrogens with zero attached hydrogens (tertiary/aromatic N) is 2. The van der Waals surface area contributed by atoms with Crippen molar-refractivity contribution in [3.8, 4) is 11.5 Å². The Hall–Kier alpha value is -5.88. The van der Waals surface area contributed by atoms with E-state index in [-0.39, 0.29) is 24.9 Å². The van der Waals surface area contributed by atoms with Gasteiger partial charge in [-0.05, 0) is 35.1 Å². The van der Waals surface area contributed by atoms with Gasteiger partial charge in [0.25, 0.3) is 0 Å². The Morgan fingerprint density at radius 3 is 1.35 bits per heavy atom. The van der Waals surface area contributed by atoms with E-state index in [9.17, 15) is 39.0 Å². The molecule has 0 bridgehead atoms. The summed E-state index contributed by atoms with van der Waals surface area (Å²) >= 11 is 2.94. The minimum absolute atomic E-state index is 0.198. The minimum Gasteiger partial charge on any atom is -0.480 e. The predicted octanol–water partition coefficient (Wildman–Crippen LogP) is 4.12. The molecule has 0 saturated carbocycles. The summed E-state index contributed by atoms with van der Waals surface area (Å²) in [6, 6.07) is 27.8. The van der Waals surface area contributed by atoms with Gasteiger partial charge in [0.1, 0.15) is 58.5 Å². The number of β-lactam (4-membered cyclic amide) rings is 2. The molecule has 63 heavy (non-hydrogen) atoms. The Kier molecular flexibility index (Phi) is 13.1. The highest BCUT2D eigenvalue weighted by Crippen LogP contribution is 2.42. The number of benzene rings is 4. The molecule has 15 nitrogen and oxygen atoms in total. The van der Waals surface area contributed by atoms with Crippen molar-refractivity contribution < 1.29 is 43.7 Å². The maximum Gasteiger partial charge on any atom is 0.326 e. The number of carboxylic acid groups (broad SMARTS) is 2. The van der Waals surface area contributed by atoms with Gasteiger partial charge in [0, 0.05) is 35.7 Å². The molecule has 4 aromatic carbocycles. The Bertz CT molecular complexity index is 2210. The Morgan fingerprint density at radius 2 is 0.968 bits per heavy atom. The second-order valence-corrected chi connectivity index (χ2v) is 18.5. The number of ether oxygens (including phenoxy) is 1. The summed E-state index contributed by atoms with van der Waals surface area (Å²) < 4.78 is 6.56. The van der Waals surface area contributed by atoms with Crippen LogP contribution in [0.25, 0.3) is 0 Å². The van der Waals surface area contributed by atoms with Gasteiger partial charge in [-0.15, -0.1) is 23.5 Å². The Morgan fingerprint density at radius 1 is 0.603 bits per heavy atom. The average molecular weight is 893 g/mol. The molecule has 0 spiro atoms. The van der Waals surface area contributed by atoms with Crippen molar-refractivity contribution in [3.05, 3.63) is 131 Å². The van der Waals surface area contributed by atoms with E-state index < -0.39 is 82.6 Å². The van der Waals surface area contributed by atoms with E-state index in [1.54, 1.807) is 0 Å². The summed E-state index contributed by atoms with van der Waals surface area (Å²) in [5, 5.41) is 31.2. The number of thioether (sulfide) groups is 2. The van der Waals surface area contributed by atoms with Crippen molar-refractivity contribution >= 4 is 59.1 Å². The second kappa shape index (κ2) is 18.8. The fraction of sp³-hybridized carbons (Fsp3) is 0.348. The lowest BCUT2D eigenvalue weighted by molar-refractivity contribution is -0.165. The van der Waals surface area contributed by atoms with Crippen LogP contribution in [-0.4, -0.2) is 102 Å². The summed E-state index contributed by atoms with van der Waals surface area (Å²) in [6.45, 7) is 4.01. The highest BCUT2D eigenvalue weighted by atomic mass is 32.2. The fourth-order valence-electron chi connectivity index (χ4n) is 8.67. The molecule has 8 rings (SSSR count). The summed E-state index contributed by atoms with van der Waals surface area (Å²) in [7, 11) is 0. The molecule has 0 aromatic heterocycles. The number of para-hydroxylation sites is 2. The number of aliphatic carboxylic acids is 2. The van der Waals surface area contributed by atoms with Gasteiger partial charge in [0.2, 0.25) is 23.6 Å². The molecule has 4 aromatic rings. The number of nitrogens with one attached hydrogen (secondary N) is 4. The van der Waals surface area contributed by atoms with Crippen molar-refractivity contribution in [3.63, 3.8) is 0 Å². The topological polar surface area (TPSA) is 207 Å². The molecular formula is C46H48N6O9S2. The molecule has 4 heterocycles. The van der Waals surface area contributed by atoms with Crippen molar-refractivity contribution in [1.29, 1.82) is 0 Å². The van der Waals surface area contributed by atoms with Gasteiger partial charge >= 0.3 is 11.9 Å². The first-order chi connectivity index (χ1) is 30.4.